The van der Waals surface area contributed by atoms with Crippen LogP contribution in [0.5, 0.6) is 11.5 Å². The molecule has 0 saturated carbocycles. The standard InChI is InChI=1S/C27H34N2O5/c1-18(2)19-7-10-22(11-8-19)28(3)26(31)17-29-16-21(15-25(29)30)20-9-12-23(32-4)24(14-20)34-27-6-5-13-33-27/h7-12,14,18,21,27H,5-6,13,15-17H2,1-4H3/t21-,27?/m1/s1. The van der Waals surface area contributed by atoms with E-state index < -0.39 is 0 Å². The van der Waals surface area contributed by atoms with Crippen molar-refractivity contribution in [2.24, 2.45) is 0 Å². The molecule has 2 fully saturated rings. The number of nitrogens with zero attached hydrogens (tertiary/aromatic N) is 2. The van der Waals surface area contributed by atoms with Crippen LogP contribution in [0.15, 0.2) is 42.5 Å². The van der Waals surface area contributed by atoms with Gasteiger partial charge < -0.3 is 24.0 Å². The Morgan fingerprint density at radius 1 is 1.18 bits per heavy atom. The van der Waals surface area contributed by atoms with Crippen LogP contribution in [-0.2, 0) is 14.3 Å². The third-order valence-electron chi connectivity index (χ3n) is 6.67. The molecule has 0 aromatic heterocycles. The Morgan fingerprint density at radius 3 is 2.59 bits per heavy atom. The molecule has 2 saturated heterocycles. The molecule has 2 atom stereocenters. The van der Waals surface area contributed by atoms with E-state index in [1.807, 2.05) is 42.5 Å². The lowest BCUT2D eigenvalue weighted by Gasteiger charge is -2.23. The summed E-state index contributed by atoms with van der Waals surface area (Å²) in [6.45, 7) is 5.53. The smallest absolute Gasteiger partial charge is 0.246 e. The highest BCUT2D eigenvalue weighted by Crippen LogP contribution is 2.36. The van der Waals surface area contributed by atoms with Crippen LogP contribution in [0, 0.1) is 0 Å². The summed E-state index contributed by atoms with van der Waals surface area (Å²) in [6.07, 6.45) is 1.92. The molecule has 2 amide bonds. The molecule has 0 radical (unpaired) electrons. The van der Waals surface area contributed by atoms with Crippen LogP contribution < -0.4 is 14.4 Å². The number of likely N-dealkylation sites (N-methyl/N-ethyl adjacent to an activating group) is 1. The Hall–Kier alpha value is -3.06. The first kappa shape index (κ1) is 24.1. The van der Waals surface area contributed by atoms with E-state index in [0.29, 0.717) is 37.0 Å². The molecule has 34 heavy (non-hydrogen) atoms. The Bertz CT molecular complexity index is 1010. The number of rotatable bonds is 8. The van der Waals surface area contributed by atoms with Gasteiger partial charge in [0.15, 0.2) is 17.8 Å². The van der Waals surface area contributed by atoms with Gasteiger partial charge in [-0.15, -0.1) is 0 Å². The van der Waals surface area contributed by atoms with Gasteiger partial charge in [0.2, 0.25) is 11.8 Å². The molecule has 0 N–H and O–H groups in total. The number of amides is 2. The minimum absolute atomic E-state index is 0.00585. The number of carbonyl (C=O) groups excluding carboxylic acids is 2. The number of methoxy groups -OCH3 is 1. The maximum absolute atomic E-state index is 12.9. The molecule has 2 aromatic rings. The summed E-state index contributed by atoms with van der Waals surface area (Å²) in [7, 11) is 3.36. The first-order valence-electron chi connectivity index (χ1n) is 12.0. The van der Waals surface area contributed by atoms with Gasteiger partial charge in [0.1, 0.15) is 6.54 Å². The van der Waals surface area contributed by atoms with Crippen LogP contribution in [0.25, 0.3) is 0 Å². The van der Waals surface area contributed by atoms with Gasteiger partial charge in [-0.25, -0.2) is 0 Å². The predicted octanol–water partition coefficient (Wildman–Crippen LogP) is 4.31. The highest BCUT2D eigenvalue weighted by atomic mass is 16.7. The molecule has 7 nitrogen and oxygen atoms in total. The van der Waals surface area contributed by atoms with E-state index in [4.69, 9.17) is 14.2 Å². The SMILES string of the molecule is COc1ccc([C@@H]2CC(=O)N(CC(=O)N(C)c3ccc(C(C)C)cc3)C2)cc1OC1CCCO1. The number of hydrogen-bond acceptors (Lipinski definition) is 5. The zero-order chi connectivity index (χ0) is 24.2. The number of carbonyl (C=O) groups is 2. The van der Waals surface area contributed by atoms with Crippen LogP contribution in [0.3, 0.4) is 0 Å². The zero-order valence-corrected chi connectivity index (χ0v) is 20.5. The maximum Gasteiger partial charge on any atom is 0.246 e. The minimum atomic E-state index is -0.270. The van der Waals surface area contributed by atoms with Crippen molar-refractivity contribution in [3.8, 4) is 11.5 Å². The Morgan fingerprint density at radius 2 is 1.94 bits per heavy atom. The fraction of sp³-hybridized carbons (Fsp3) is 0.481. The predicted molar refractivity (Wildman–Crippen MR) is 130 cm³/mol. The van der Waals surface area contributed by atoms with Gasteiger partial charge in [-0.05, 0) is 47.7 Å². The molecule has 2 heterocycles. The quantitative estimate of drug-likeness (QED) is 0.580. The monoisotopic (exact) mass is 466 g/mol. The summed E-state index contributed by atoms with van der Waals surface area (Å²) in [6, 6.07) is 13.8. The molecular formula is C27H34N2O5. The van der Waals surface area contributed by atoms with Crippen molar-refractivity contribution in [1.29, 1.82) is 0 Å². The number of benzene rings is 2. The van der Waals surface area contributed by atoms with Crippen molar-refractivity contribution < 1.29 is 23.8 Å². The van der Waals surface area contributed by atoms with Gasteiger partial charge in [0.25, 0.3) is 0 Å². The van der Waals surface area contributed by atoms with Crippen molar-refractivity contribution in [2.45, 2.75) is 51.2 Å². The minimum Gasteiger partial charge on any atom is -0.493 e. The fourth-order valence-corrected chi connectivity index (χ4v) is 4.47. The van der Waals surface area contributed by atoms with Gasteiger partial charge in [-0.2, -0.15) is 0 Å². The summed E-state index contributed by atoms with van der Waals surface area (Å²) in [5.74, 6) is 1.57. The molecule has 4 rings (SSSR count). The van der Waals surface area contributed by atoms with Gasteiger partial charge in [-0.3, -0.25) is 9.59 Å². The van der Waals surface area contributed by atoms with Crippen molar-refractivity contribution in [3.63, 3.8) is 0 Å². The summed E-state index contributed by atoms with van der Waals surface area (Å²) in [5, 5.41) is 0. The topological polar surface area (TPSA) is 68.3 Å². The molecule has 2 aromatic carbocycles. The van der Waals surface area contributed by atoms with E-state index in [-0.39, 0.29) is 30.6 Å². The molecule has 182 valence electrons. The molecule has 2 aliphatic rings. The van der Waals surface area contributed by atoms with E-state index >= 15 is 0 Å². The zero-order valence-electron chi connectivity index (χ0n) is 20.5. The largest absolute Gasteiger partial charge is 0.493 e. The van der Waals surface area contributed by atoms with E-state index in [9.17, 15) is 9.59 Å². The van der Waals surface area contributed by atoms with Crippen molar-refractivity contribution in [2.75, 3.05) is 38.8 Å². The van der Waals surface area contributed by atoms with E-state index in [1.165, 1.54) is 5.56 Å². The van der Waals surface area contributed by atoms with E-state index in [0.717, 1.165) is 24.1 Å². The lowest BCUT2D eigenvalue weighted by Crippen LogP contribution is -2.39. The van der Waals surface area contributed by atoms with Crippen LogP contribution in [0.2, 0.25) is 0 Å². The number of likely N-dealkylation sites (tertiary alicyclic amines) is 1. The first-order chi connectivity index (χ1) is 16.4. The Labute approximate surface area is 201 Å². The summed E-state index contributed by atoms with van der Waals surface area (Å²) in [5.41, 5.74) is 3.04. The molecule has 0 spiro atoms. The van der Waals surface area contributed by atoms with Crippen LogP contribution in [0.4, 0.5) is 5.69 Å². The molecule has 2 aliphatic heterocycles. The second kappa shape index (κ2) is 10.5. The lowest BCUT2D eigenvalue weighted by molar-refractivity contribution is -0.132. The van der Waals surface area contributed by atoms with Gasteiger partial charge in [-0.1, -0.05) is 32.0 Å². The highest BCUT2D eigenvalue weighted by Gasteiger charge is 2.33. The molecular weight excluding hydrogens is 432 g/mol. The molecule has 1 unspecified atom stereocenters. The van der Waals surface area contributed by atoms with Crippen LogP contribution >= 0.6 is 0 Å². The Kier molecular flexibility index (Phi) is 7.41. The average molecular weight is 467 g/mol. The summed E-state index contributed by atoms with van der Waals surface area (Å²) >= 11 is 0. The average Bonchev–Trinajstić information content (AvgIpc) is 3.48. The summed E-state index contributed by atoms with van der Waals surface area (Å²) < 4.78 is 17.1. The van der Waals surface area contributed by atoms with E-state index in [2.05, 4.69) is 13.8 Å². The van der Waals surface area contributed by atoms with Crippen molar-refractivity contribution in [3.05, 3.63) is 53.6 Å². The van der Waals surface area contributed by atoms with Crippen molar-refractivity contribution >= 4 is 17.5 Å². The third-order valence-corrected chi connectivity index (χ3v) is 6.67. The summed E-state index contributed by atoms with van der Waals surface area (Å²) in [4.78, 5) is 28.9. The number of ether oxygens (including phenoxy) is 3. The van der Waals surface area contributed by atoms with Crippen LogP contribution in [-0.4, -0.2) is 56.9 Å². The number of hydrogen-bond donors (Lipinski definition) is 0. The Balaban J connectivity index is 1.41. The molecule has 7 heteroatoms. The van der Waals surface area contributed by atoms with Gasteiger partial charge in [0.05, 0.1) is 13.7 Å². The normalized spacial score (nSPS) is 20.1. The molecule has 0 bridgehead atoms. The van der Waals surface area contributed by atoms with Gasteiger partial charge >= 0.3 is 0 Å². The lowest BCUT2D eigenvalue weighted by atomic mass is 9.98. The highest BCUT2D eigenvalue weighted by molar-refractivity contribution is 5.96. The van der Waals surface area contributed by atoms with E-state index in [1.54, 1.807) is 24.0 Å². The van der Waals surface area contributed by atoms with Crippen molar-refractivity contribution in [1.82, 2.24) is 4.90 Å². The number of anilines is 1. The maximum atomic E-state index is 12.9. The second-order valence-electron chi connectivity index (χ2n) is 9.35. The van der Waals surface area contributed by atoms with Gasteiger partial charge in [0, 0.05) is 38.0 Å². The third kappa shape index (κ3) is 5.36. The molecule has 0 aliphatic carbocycles. The first-order valence-corrected chi connectivity index (χ1v) is 12.0. The van der Waals surface area contributed by atoms with Crippen LogP contribution in [0.1, 0.15) is 56.1 Å². The fourth-order valence-electron chi connectivity index (χ4n) is 4.47. The second-order valence-corrected chi connectivity index (χ2v) is 9.35.